The van der Waals surface area contributed by atoms with Gasteiger partial charge in [0.25, 0.3) is 0 Å². The first-order valence-electron chi connectivity index (χ1n) is 6.32. The molecule has 0 aromatic heterocycles. The summed E-state index contributed by atoms with van der Waals surface area (Å²) in [4.78, 5) is 2.65. The van der Waals surface area contributed by atoms with Gasteiger partial charge in [-0.05, 0) is 45.2 Å². The highest BCUT2D eigenvalue weighted by Gasteiger charge is 2.36. The van der Waals surface area contributed by atoms with Crippen LogP contribution in [0.1, 0.15) is 38.5 Å². The fraction of sp³-hybridized carbons (Fsp3) is 0.846. The molecule has 2 atom stereocenters. The van der Waals surface area contributed by atoms with E-state index >= 15 is 0 Å². The number of fused-ring (bicyclic) bond motifs is 1. The van der Waals surface area contributed by atoms with Crippen LogP contribution in [0.3, 0.4) is 0 Å². The minimum absolute atomic E-state index is 0.762. The SMILES string of the molecule is C#CCCCCNC1CCN2CCCC12. The van der Waals surface area contributed by atoms with E-state index in [0.29, 0.717) is 0 Å². The summed E-state index contributed by atoms with van der Waals surface area (Å²) in [6.45, 7) is 3.79. The van der Waals surface area contributed by atoms with Crippen LogP contribution < -0.4 is 5.32 Å². The molecule has 0 bridgehead atoms. The summed E-state index contributed by atoms with van der Waals surface area (Å²) in [5.41, 5.74) is 0. The molecule has 0 amide bonds. The lowest BCUT2D eigenvalue weighted by atomic mass is 10.1. The Morgan fingerprint density at radius 1 is 1.27 bits per heavy atom. The molecule has 0 aliphatic carbocycles. The van der Waals surface area contributed by atoms with Gasteiger partial charge in [-0.25, -0.2) is 0 Å². The van der Waals surface area contributed by atoms with E-state index in [4.69, 9.17) is 6.42 Å². The predicted octanol–water partition coefficient (Wildman–Crippen LogP) is 1.62. The van der Waals surface area contributed by atoms with Crippen LogP contribution >= 0.6 is 0 Å². The number of nitrogens with one attached hydrogen (secondary N) is 1. The molecule has 0 saturated carbocycles. The number of nitrogens with zero attached hydrogens (tertiary/aromatic N) is 1. The van der Waals surface area contributed by atoms with Gasteiger partial charge in [0.05, 0.1) is 0 Å². The minimum Gasteiger partial charge on any atom is -0.312 e. The second kappa shape index (κ2) is 5.53. The molecule has 0 aromatic rings. The third kappa shape index (κ3) is 2.74. The second-order valence-electron chi connectivity index (χ2n) is 4.76. The molecule has 2 heterocycles. The van der Waals surface area contributed by atoms with Crippen LogP contribution in [0, 0.1) is 12.3 Å². The number of terminal acetylenes is 1. The normalized spacial score (nSPS) is 30.3. The van der Waals surface area contributed by atoms with Crippen molar-refractivity contribution in [1.82, 2.24) is 10.2 Å². The first-order chi connectivity index (χ1) is 7.42. The van der Waals surface area contributed by atoms with E-state index in [-0.39, 0.29) is 0 Å². The van der Waals surface area contributed by atoms with Crippen LogP contribution in [-0.4, -0.2) is 36.6 Å². The van der Waals surface area contributed by atoms with E-state index in [2.05, 4.69) is 16.1 Å². The lowest BCUT2D eigenvalue weighted by Gasteiger charge is -2.21. The number of hydrogen-bond donors (Lipinski definition) is 1. The molecule has 84 valence electrons. The smallest absolute Gasteiger partial charge is 0.0250 e. The van der Waals surface area contributed by atoms with Crippen molar-refractivity contribution >= 4 is 0 Å². The van der Waals surface area contributed by atoms with Crippen LogP contribution in [-0.2, 0) is 0 Å². The maximum absolute atomic E-state index is 5.23. The summed E-state index contributed by atoms with van der Waals surface area (Å²) in [6, 6.07) is 1.61. The van der Waals surface area contributed by atoms with Gasteiger partial charge in [0.1, 0.15) is 0 Å². The van der Waals surface area contributed by atoms with Crippen LogP contribution in [0.5, 0.6) is 0 Å². The molecule has 2 heteroatoms. The molecule has 1 N–H and O–H groups in total. The number of rotatable bonds is 5. The van der Waals surface area contributed by atoms with Crippen LogP contribution in [0.25, 0.3) is 0 Å². The molecule has 2 nitrogen and oxygen atoms in total. The van der Waals surface area contributed by atoms with Gasteiger partial charge in [0.2, 0.25) is 0 Å². The Balaban J connectivity index is 1.61. The van der Waals surface area contributed by atoms with Gasteiger partial charge in [-0.1, -0.05) is 0 Å². The van der Waals surface area contributed by atoms with Gasteiger partial charge >= 0.3 is 0 Å². The van der Waals surface area contributed by atoms with Crippen molar-refractivity contribution in [2.75, 3.05) is 19.6 Å². The maximum atomic E-state index is 5.23. The van der Waals surface area contributed by atoms with Gasteiger partial charge in [-0.15, -0.1) is 12.3 Å². The van der Waals surface area contributed by atoms with E-state index in [9.17, 15) is 0 Å². The topological polar surface area (TPSA) is 15.3 Å². The van der Waals surface area contributed by atoms with Crippen molar-refractivity contribution in [3.63, 3.8) is 0 Å². The van der Waals surface area contributed by atoms with Gasteiger partial charge in [-0.3, -0.25) is 4.90 Å². The predicted molar refractivity (Wildman–Crippen MR) is 63.7 cm³/mol. The van der Waals surface area contributed by atoms with Gasteiger partial charge < -0.3 is 5.32 Å². The third-order valence-electron chi connectivity index (χ3n) is 3.76. The standard InChI is InChI=1S/C13H22N2/c1-2-3-4-5-9-14-12-8-11-15-10-6-7-13(12)15/h1,12-14H,3-11H2. The Hall–Kier alpha value is -0.520. The molecule has 2 saturated heterocycles. The fourth-order valence-electron chi connectivity index (χ4n) is 2.96. The lowest BCUT2D eigenvalue weighted by Crippen LogP contribution is -2.39. The van der Waals surface area contributed by atoms with E-state index in [0.717, 1.165) is 25.0 Å². The summed E-state index contributed by atoms with van der Waals surface area (Å²) in [6.07, 6.45) is 12.7. The van der Waals surface area contributed by atoms with E-state index in [1.807, 2.05) is 0 Å². The van der Waals surface area contributed by atoms with Crippen LogP contribution in [0.15, 0.2) is 0 Å². The van der Waals surface area contributed by atoms with Crippen molar-refractivity contribution in [2.45, 2.75) is 50.6 Å². The number of unbranched alkanes of at least 4 members (excludes halogenated alkanes) is 2. The Labute approximate surface area is 93.4 Å². The average molecular weight is 206 g/mol. The molecular weight excluding hydrogens is 184 g/mol. The summed E-state index contributed by atoms with van der Waals surface area (Å²) in [5, 5.41) is 3.70. The van der Waals surface area contributed by atoms with Crippen molar-refractivity contribution in [3.8, 4) is 12.3 Å². The lowest BCUT2D eigenvalue weighted by molar-refractivity contribution is 0.298. The summed E-state index contributed by atoms with van der Waals surface area (Å²) >= 11 is 0. The highest BCUT2D eigenvalue weighted by atomic mass is 15.2. The fourth-order valence-corrected chi connectivity index (χ4v) is 2.96. The van der Waals surface area contributed by atoms with E-state index < -0.39 is 0 Å². The summed E-state index contributed by atoms with van der Waals surface area (Å²) in [5.74, 6) is 2.70. The third-order valence-corrected chi connectivity index (χ3v) is 3.76. The van der Waals surface area contributed by atoms with E-state index in [1.54, 1.807) is 0 Å². The Morgan fingerprint density at radius 2 is 2.20 bits per heavy atom. The number of hydrogen-bond acceptors (Lipinski definition) is 2. The van der Waals surface area contributed by atoms with Gasteiger partial charge in [0.15, 0.2) is 0 Å². The monoisotopic (exact) mass is 206 g/mol. The zero-order valence-electron chi connectivity index (χ0n) is 9.54. The molecule has 0 radical (unpaired) electrons. The molecule has 2 unspecified atom stereocenters. The van der Waals surface area contributed by atoms with Crippen LogP contribution in [0.4, 0.5) is 0 Å². The molecule has 2 aliphatic rings. The van der Waals surface area contributed by atoms with Crippen LogP contribution in [0.2, 0.25) is 0 Å². The molecule has 0 aromatic carbocycles. The minimum atomic E-state index is 0.762. The highest BCUT2D eigenvalue weighted by Crippen LogP contribution is 2.27. The zero-order valence-corrected chi connectivity index (χ0v) is 9.54. The molecular formula is C13H22N2. The largest absolute Gasteiger partial charge is 0.312 e. The Morgan fingerprint density at radius 3 is 3.07 bits per heavy atom. The summed E-state index contributed by atoms with van der Waals surface area (Å²) < 4.78 is 0. The van der Waals surface area contributed by atoms with E-state index in [1.165, 1.54) is 45.2 Å². The molecule has 15 heavy (non-hydrogen) atoms. The molecule has 2 aliphatic heterocycles. The quantitative estimate of drug-likeness (QED) is 0.543. The molecule has 2 rings (SSSR count). The van der Waals surface area contributed by atoms with Crippen molar-refractivity contribution in [1.29, 1.82) is 0 Å². The van der Waals surface area contributed by atoms with Gasteiger partial charge in [-0.2, -0.15) is 0 Å². The van der Waals surface area contributed by atoms with Crippen molar-refractivity contribution < 1.29 is 0 Å². The zero-order chi connectivity index (χ0) is 10.5. The van der Waals surface area contributed by atoms with Gasteiger partial charge in [0, 0.05) is 25.0 Å². The van der Waals surface area contributed by atoms with Crippen molar-refractivity contribution in [3.05, 3.63) is 0 Å². The average Bonchev–Trinajstić information content (AvgIpc) is 2.81. The maximum Gasteiger partial charge on any atom is 0.0250 e. The Bertz CT molecular complexity index is 231. The first-order valence-corrected chi connectivity index (χ1v) is 6.32. The van der Waals surface area contributed by atoms with Crippen molar-refractivity contribution in [2.24, 2.45) is 0 Å². The summed E-state index contributed by atoms with van der Waals surface area (Å²) in [7, 11) is 0. The second-order valence-corrected chi connectivity index (χ2v) is 4.76. The highest BCUT2D eigenvalue weighted by molar-refractivity contribution is 4.95. The Kier molecular flexibility index (Phi) is 4.05. The molecule has 2 fully saturated rings. The molecule has 0 spiro atoms. The first kappa shape index (κ1) is 11.0.